The highest BCUT2D eigenvalue weighted by Crippen LogP contribution is 2.19. The van der Waals surface area contributed by atoms with E-state index in [4.69, 9.17) is 5.26 Å². The summed E-state index contributed by atoms with van der Waals surface area (Å²) in [5, 5.41) is 25.1. The molecule has 1 aromatic rings. The molecule has 0 aromatic carbocycles. The first-order chi connectivity index (χ1) is 9.11. The number of carbonyl (C=O) groups is 1. The highest BCUT2D eigenvalue weighted by Gasteiger charge is 2.23. The number of amides is 1. The molecule has 1 unspecified atom stereocenters. The normalized spacial score (nSPS) is 18.3. The second-order valence-corrected chi connectivity index (χ2v) is 4.06. The highest BCUT2D eigenvalue weighted by molar-refractivity contribution is 5.85. The van der Waals surface area contributed by atoms with E-state index in [0.717, 1.165) is 6.42 Å². The summed E-state index contributed by atoms with van der Waals surface area (Å²) in [6, 6.07) is 3.84. The minimum Gasteiger partial charge on any atom is -0.358 e. The van der Waals surface area contributed by atoms with Crippen molar-refractivity contribution in [1.29, 1.82) is 5.26 Å². The van der Waals surface area contributed by atoms with E-state index in [0.29, 0.717) is 13.0 Å². The van der Waals surface area contributed by atoms with Gasteiger partial charge >= 0.3 is 5.69 Å². The van der Waals surface area contributed by atoms with Crippen molar-refractivity contribution in [1.82, 2.24) is 10.3 Å². The van der Waals surface area contributed by atoms with Crippen LogP contribution >= 0.6 is 0 Å². The van der Waals surface area contributed by atoms with Gasteiger partial charge < -0.3 is 10.6 Å². The molecule has 1 aromatic heterocycles. The second kappa shape index (κ2) is 5.30. The van der Waals surface area contributed by atoms with Gasteiger partial charge in [0, 0.05) is 12.6 Å². The van der Waals surface area contributed by atoms with Crippen LogP contribution in [0, 0.1) is 21.4 Å². The monoisotopic (exact) mass is 261 g/mol. The van der Waals surface area contributed by atoms with Gasteiger partial charge in [-0.3, -0.25) is 14.9 Å². The average Bonchev–Trinajstić information content (AvgIpc) is 2.41. The third-order valence-corrected chi connectivity index (χ3v) is 2.78. The topological polar surface area (TPSA) is 121 Å². The van der Waals surface area contributed by atoms with Crippen LogP contribution in [0.4, 0.5) is 11.5 Å². The molecule has 1 aliphatic heterocycles. The van der Waals surface area contributed by atoms with Gasteiger partial charge in [0.15, 0.2) is 0 Å². The van der Waals surface area contributed by atoms with E-state index in [1.807, 2.05) is 0 Å². The molecule has 8 nitrogen and oxygen atoms in total. The Hall–Kier alpha value is -2.69. The zero-order chi connectivity index (χ0) is 13.8. The standard InChI is InChI=1S/C11H11N5O3/c12-6-8-9(16(18)19)3-4-10(15-8)14-7-2-1-5-13-11(7)17/h3-4,7H,1-2,5H2,(H,13,17)(H,14,15). The third kappa shape index (κ3) is 2.77. The minimum absolute atomic E-state index is 0.134. The second-order valence-electron chi connectivity index (χ2n) is 4.06. The lowest BCUT2D eigenvalue weighted by Gasteiger charge is -2.23. The van der Waals surface area contributed by atoms with E-state index in [1.165, 1.54) is 12.1 Å². The van der Waals surface area contributed by atoms with Crippen molar-refractivity contribution in [3.8, 4) is 6.07 Å². The fourth-order valence-electron chi connectivity index (χ4n) is 1.85. The van der Waals surface area contributed by atoms with Crippen LogP contribution in [0.3, 0.4) is 0 Å². The van der Waals surface area contributed by atoms with Gasteiger partial charge in [0.2, 0.25) is 11.6 Å². The number of rotatable bonds is 3. The van der Waals surface area contributed by atoms with Crippen molar-refractivity contribution in [2.45, 2.75) is 18.9 Å². The molecule has 1 aliphatic rings. The fraction of sp³-hybridized carbons (Fsp3) is 0.364. The van der Waals surface area contributed by atoms with Gasteiger partial charge in [0.1, 0.15) is 17.9 Å². The van der Waals surface area contributed by atoms with Crippen LogP contribution in [0.25, 0.3) is 0 Å². The molecule has 1 atom stereocenters. The predicted molar refractivity (Wildman–Crippen MR) is 65.3 cm³/mol. The van der Waals surface area contributed by atoms with E-state index in [1.54, 1.807) is 6.07 Å². The molecule has 0 spiro atoms. The maximum absolute atomic E-state index is 11.6. The molecule has 19 heavy (non-hydrogen) atoms. The largest absolute Gasteiger partial charge is 0.358 e. The van der Waals surface area contributed by atoms with Crippen molar-refractivity contribution in [3.05, 3.63) is 27.9 Å². The Labute approximate surface area is 108 Å². The lowest BCUT2D eigenvalue weighted by atomic mass is 10.1. The molecule has 1 amide bonds. The Morgan fingerprint density at radius 1 is 1.58 bits per heavy atom. The van der Waals surface area contributed by atoms with Crippen LogP contribution < -0.4 is 10.6 Å². The number of hydrogen-bond donors (Lipinski definition) is 2. The molecular weight excluding hydrogens is 250 g/mol. The van der Waals surface area contributed by atoms with Gasteiger partial charge in [-0.15, -0.1) is 0 Å². The average molecular weight is 261 g/mol. The van der Waals surface area contributed by atoms with Crippen LogP contribution in [0.1, 0.15) is 18.5 Å². The van der Waals surface area contributed by atoms with Gasteiger partial charge in [-0.05, 0) is 18.9 Å². The van der Waals surface area contributed by atoms with Crippen molar-refractivity contribution < 1.29 is 9.72 Å². The zero-order valence-electron chi connectivity index (χ0n) is 9.92. The van der Waals surface area contributed by atoms with Gasteiger partial charge in [-0.25, -0.2) is 4.98 Å². The first kappa shape index (κ1) is 12.8. The van der Waals surface area contributed by atoms with Crippen molar-refractivity contribution in [2.24, 2.45) is 0 Å². The Bertz CT molecular complexity index is 566. The summed E-state index contributed by atoms with van der Waals surface area (Å²) in [7, 11) is 0. The quantitative estimate of drug-likeness (QED) is 0.605. The predicted octanol–water partition coefficient (Wildman–Crippen LogP) is 0.552. The van der Waals surface area contributed by atoms with Gasteiger partial charge in [-0.1, -0.05) is 0 Å². The van der Waals surface area contributed by atoms with E-state index < -0.39 is 11.0 Å². The molecule has 2 heterocycles. The summed E-state index contributed by atoms with van der Waals surface area (Å²) in [6.07, 6.45) is 1.51. The summed E-state index contributed by atoms with van der Waals surface area (Å²) in [5.74, 6) is 0.147. The van der Waals surface area contributed by atoms with Crippen LogP contribution in [0.5, 0.6) is 0 Å². The maximum Gasteiger partial charge on any atom is 0.305 e. The van der Waals surface area contributed by atoms with Gasteiger partial charge in [0.25, 0.3) is 0 Å². The molecule has 2 N–H and O–H groups in total. The lowest BCUT2D eigenvalue weighted by Crippen LogP contribution is -2.44. The number of carbonyl (C=O) groups excluding carboxylic acids is 1. The molecule has 1 fully saturated rings. The lowest BCUT2D eigenvalue weighted by molar-refractivity contribution is -0.385. The van der Waals surface area contributed by atoms with Crippen molar-refractivity contribution in [3.63, 3.8) is 0 Å². The Morgan fingerprint density at radius 2 is 2.37 bits per heavy atom. The molecule has 98 valence electrons. The van der Waals surface area contributed by atoms with E-state index in [9.17, 15) is 14.9 Å². The zero-order valence-corrected chi connectivity index (χ0v) is 9.92. The van der Waals surface area contributed by atoms with Crippen LogP contribution in [0.15, 0.2) is 12.1 Å². The summed E-state index contributed by atoms with van der Waals surface area (Å²) in [5.41, 5.74) is -0.618. The molecule has 1 saturated heterocycles. The van der Waals surface area contributed by atoms with Crippen LogP contribution in [0.2, 0.25) is 0 Å². The van der Waals surface area contributed by atoms with Gasteiger partial charge in [-0.2, -0.15) is 5.26 Å². The molecule has 0 aliphatic carbocycles. The summed E-state index contributed by atoms with van der Waals surface area (Å²) in [6.45, 7) is 0.647. The SMILES string of the molecule is N#Cc1nc(NC2CCCNC2=O)ccc1[N+](=O)[O-]. The number of aromatic nitrogens is 1. The Balaban J connectivity index is 2.20. The van der Waals surface area contributed by atoms with E-state index in [-0.39, 0.29) is 23.1 Å². The smallest absolute Gasteiger partial charge is 0.305 e. The molecule has 8 heteroatoms. The summed E-state index contributed by atoms with van der Waals surface area (Å²) in [4.78, 5) is 25.4. The number of nitriles is 1. The summed E-state index contributed by atoms with van der Waals surface area (Å²) >= 11 is 0. The third-order valence-electron chi connectivity index (χ3n) is 2.78. The molecule has 0 saturated carbocycles. The fourth-order valence-corrected chi connectivity index (χ4v) is 1.85. The molecule has 0 bridgehead atoms. The number of nitrogens with one attached hydrogen (secondary N) is 2. The number of nitrogens with zero attached hydrogens (tertiary/aromatic N) is 3. The highest BCUT2D eigenvalue weighted by atomic mass is 16.6. The Morgan fingerprint density at radius 3 is 3.00 bits per heavy atom. The molecule has 0 radical (unpaired) electrons. The number of anilines is 1. The van der Waals surface area contributed by atoms with Crippen molar-refractivity contribution in [2.75, 3.05) is 11.9 Å². The van der Waals surface area contributed by atoms with Crippen LogP contribution in [-0.2, 0) is 4.79 Å². The number of nitro groups is 1. The maximum atomic E-state index is 11.6. The summed E-state index contributed by atoms with van der Waals surface area (Å²) < 4.78 is 0. The number of hydrogen-bond acceptors (Lipinski definition) is 6. The molecular formula is C11H11N5O3. The molecule has 2 rings (SSSR count). The minimum atomic E-state index is -0.664. The Kier molecular flexibility index (Phi) is 3.56. The van der Waals surface area contributed by atoms with Crippen LogP contribution in [-0.4, -0.2) is 28.4 Å². The van der Waals surface area contributed by atoms with Gasteiger partial charge in [0.05, 0.1) is 4.92 Å². The van der Waals surface area contributed by atoms with Crippen molar-refractivity contribution >= 4 is 17.4 Å². The van der Waals surface area contributed by atoms with E-state index >= 15 is 0 Å². The van der Waals surface area contributed by atoms with E-state index in [2.05, 4.69) is 15.6 Å². The number of pyridine rings is 1. The first-order valence-corrected chi connectivity index (χ1v) is 5.71. The number of piperidine rings is 1. The first-order valence-electron chi connectivity index (χ1n) is 5.71.